The largest absolute Gasteiger partial charge is 0.462 e. The zero-order valence-electron chi connectivity index (χ0n) is 14.7. The van der Waals surface area contributed by atoms with Crippen LogP contribution in [0.3, 0.4) is 0 Å². The Balaban J connectivity index is 2.37. The molecule has 0 radical (unpaired) electrons. The highest BCUT2D eigenvalue weighted by Crippen LogP contribution is 2.21. The minimum Gasteiger partial charge on any atom is -0.462 e. The van der Waals surface area contributed by atoms with Gasteiger partial charge in [-0.3, -0.25) is 4.79 Å². The first-order valence-corrected chi connectivity index (χ1v) is 9.95. The Morgan fingerprint density at radius 1 is 0.962 bits per heavy atom. The summed E-state index contributed by atoms with van der Waals surface area (Å²) < 4.78 is 29.8. The van der Waals surface area contributed by atoms with Crippen LogP contribution in [-0.4, -0.2) is 32.7 Å². The summed E-state index contributed by atoms with van der Waals surface area (Å²) in [7, 11) is -3.57. The maximum Gasteiger partial charge on any atom is 0.340 e. The maximum absolute atomic E-state index is 12.7. The monoisotopic (exact) mass is 375 g/mol. The number of para-hydroxylation sites is 1. The van der Waals surface area contributed by atoms with Crippen molar-refractivity contribution in [2.24, 2.45) is 0 Å². The Morgan fingerprint density at radius 2 is 1.58 bits per heavy atom. The number of esters is 1. The zero-order chi connectivity index (χ0) is 19.2. The molecule has 0 spiro atoms. The molecule has 0 aromatic heterocycles. The molecular weight excluding hydrogens is 354 g/mol. The lowest BCUT2D eigenvalue weighted by atomic mass is 10.1. The number of benzene rings is 2. The Hall–Kier alpha value is -2.67. The fraction of sp³-hybridized carbons (Fsp3) is 0.263. The third kappa shape index (κ3) is 4.49. The van der Waals surface area contributed by atoms with E-state index in [1.165, 1.54) is 18.2 Å². The van der Waals surface area contributed by atoms with Crippen molar-refractivity contribution in [2.75, 3.05) is 17.7 Å². The second-order valence-electron chi connectivity index (χ2n) is 5.54. The van der Waals surface area contributed by atoms with Gasteiger partial charge in [-0.1, -0.05) is 31.2 Å². The van der Waals surface area contributed by atoms with Crippen LogP contribution in [0, 0.1) is 0 Å². The van der Waals surface area contributed by atoms with Gasteiger partial charge in [0.25, 0.3) is 5.91 Å². The second-order valence-corrected chi connectivity index (χ2v) is 7.61. The standard InChI is InChI=1S/C19H21NO5S/c1-3-13-26(23,24)17-12-8-6-10-15(17)18(21)20-16-11-7-5-9-14(16)19(22)25-4-2/h5-12H,3-4,13H2,1-2H3,(H,20,21). The molecule has 0 heterocycles. The molecule has 2 aromatic carbocycles. The van der Waals surface area contributed by atoms with Crippen LogP contribution in [-0.2, 0) is 14.6 Å². The van der Waals surface area contributed by atoms with Crippen LogP contribution in [0.5, 0.6) is 0 Å². The van der Waals surface area contributed by atoms with E-state index >= 15 is 0 Å². The average Bonchev–Trinajstić information content (AvgIpc) is 2.62. The molecule has 1 amide bonds. The van der Waals surface area contributed by atoms with Gasteiger partial charge in [0, 0.05) is 0 Å². The van der Waals surface area contributed by atoms with Crippen LogP contribution in [0.4, 0.5) is 5.69 Å². The molecule has 0 aliphatic rings. The molecule has 1 N–H and O–H groups in total. The van der Waals surface area contributed by atoms with Gasteiger partial charge in [0.2, 0.25) is 0 Å². The normalized spacial score (nSPS) is 11.0. The first-order valence-electron chi connectivity index (χ1n) is 8.30. The molecule has 0 saturated heterocycles. The van der Waals surface area contributed by atoms with Crippen LogP contribution in [0.2, 0.25) is 0 Å². The van der Waals surface area contributed by atoms with E-state index in [1.54, 1.807) is 44.2 Å². The number of carbonyl (C=O) groups is 2. The van der Waals surface area contributed by atoms with Gasteiger partial charge in [0.15, 0.2) is 9.84 Å². The smallest absolute Gasteiger partial charge is 0.340 e. The van der Waals surface area contributed by atoms with Crippen molar-refractivity contribution in [3.63, 3.8) is 0 Å². The molecule has 6 nitrogen and oxygen atoms in total. The molecule has 2 rings (SSSR count). The van der Waals surface area contributed by atoms with Crippen molar-refractivity contribution in [1.82, 2.24) is 0 Å². The van der Waals surface area contributed by atoms with Crippen molar-refractivity contribution in [2.45, 2.75) is 25.2 Å². The van der Waals surface area contributed by atoms with Gasteiger partial charge >= 0.3 is 5.97 Å². The number of rotatable bonds is 7. The average molecular weight is 375 g/mol. The van der Waals surface area contributed by atoms with E-state index in [-0.39, 0.29) is 34.1 Å². The predicted molar refractivity (Wildman–Crippen MR) is 99.1 cm³/mol. The Kier molecular flexibility index (Phi) is 6.52. The van der Waals surface area contributed by atoms with E-state index in [0.717, 1.165) is 0 Å². The summed E-state index contributed by atoms with van der Waals surface area (Å²) in [6.07, 6.45) is 0.448. The van der Waals surface area contributed by atoms with Crippen molar-refractivity contribution in [3.05, 3.63) is 59.7 Å². The van der Waals surface area contributed by atoms with E-state index in [9.17, 15) is 18.0 Å². The van der Waals surface area contributed by atoms with Crippen LogP contribution in [0.15, 0.2) is 53.4 Å². The molecule has 0 fully saturated rings. The quantitative estimate of drug-likeness (QED) is 0.750. The number of amides is 1. The van der Waals surface area contributed by atoms with Crippen molar-refractivity contribution < 1.29 is 22.7 Å². The number of hydrogen-bond donors (Lipinski definition) is 1. The lowest BCUT2D eigenvalue weighted by molar-refractivity contribution is 0.0527. The zero-order valence-corrected chi connectivity index (χ0v) is 15.5. The van der Waals surface area contributed by atoms with Crippen molar-refractivity contribution in [1.29, 1.82) is 0 Å². The van der Waals surface area contributed by atoms with Crippen LogP contribution in [0.1, 0.15) is 41.0 Å². The fourth-order valence-corrected chi connectivity index (χ4v) is 4.01. The number of hydrogen-bond acceptors (Lipinski definition) is 5. The van der Waals surface area contributed by atoms with Crippen LogP contribution in [0.25, 0.3) is 0 Å². The van der Waals surface area contributed by atoms with Crippen LogP contribution >= 0.6 is 0 Å². The number of carbonyl (C=O) groups excluding carboxylic acids is 2. The Morgan fingerprint density at radius 3 is 2.23 bits per heavy atom. The summed E-state index contributed by atoms with van der Waals surface area (Å²) in [5.74, 6) is -1.20. The van der Waals surface area contributed by atoms with Gasteiger partial charge in [-0.05, 0) is 37.6 Å². The summed E-state index contributed by atoms with van der Waals surface area (Å²) in [5.41, 5.74) is 0.509. The van der Waals surface area contributed by atoms with E-state index in [1.807, 2.05) is 0 Å². The van der Waals surface area contributed by atoms with Crippen LogP contribution < -0.4 is 5.32 Å². The van der Waals surface area contributed by atoms with E-state index in [4.69, 9.17) is 4.74 Å². The summed E-state index contributed by atoms with van der Waals surface area (Å²) in [4.78, 5) is 24.7. The number of nitrogens with one attached hydrogen (secondary N) is 1. The topological polar surface area (TPSA) is 89.5 Å². The minimum atomic E-state index is -3.57. The Labute approximate surface area is 153 Å². The third-order valence-electron chi connectivity index (χ3n) is 3.61. The molecule has 7 heteroatoms. The number of sulfone groups is 1. The highest BCUT2D eigenvalue weighted by atomic mass is 32.2. The van der Waals surface area contributed by atoms with Gasteiger partial charge < -0.3 is 10.1 Å². The molecule has 0 aliphatic heterocycles. The second kappa shape index (κ2) is 8.62. The Bertz CT molecular complexity index is 906. The van der Waals surface area contributed by atoms with Crippen molar-refractivity contribution >= 4 is 27.4 Å². The van der Waals surface area contributed by atoms with Gasteiger partial charge in [-0.2, -0.15) is 0 Å². The molecule has 0 bridgehead atoms. The van der Waals surface area contributed by atoms with Gasteiger partial charge in [-0.25, -0.2) is 13.2 Å². The minimum absolute atomic E-state index is 0.0204. The lowest BCUT2D eigenvalue weighted by Crippen LogP contribution is -2.19. The number of ether oxygens (including phenoxy) is 1. The van der Waals surface area contributed by atoms with Gasteiger partial charge in [-0.15, -0.1) is 0 Å². The molecule has 2 aromatic rings. The third-order valence-corrected chi connectivity index (χ3v) is 5.58. The number of anilines is 1. The highest BCUT2D eigenvalue weighted by Gasteiger charge is 2.22. The molecule has 138 valence electrons. The van der Waals surface area contributed by atoms with E-state index in [0.29, 0.717) is 6.42 Å². The summed E-state index contributed by atoms with van der Waals surface area (Å²) in [5, 5.41) is 2.62. The predicted octanol–water partition coefficient (Wildman–Crippen LogP) is 3.30. The molecule has 26 heavy (non-hydrogen) atoms. The fourth-order valence-electron chi connectivity index (χ4n) is 2.47. The molecule has 0 saturated carbocycles. The summed E-state index contributed by atoms with van der Waals surface area (Å²) in [6, 6.07) is 12.4. The molecule has 0 aliphatic carbocycles. The maximum atomic E-state index is 12.7. The van der Waals surface area contributed by atoms with E-state index in [2.05, 4.69) is 5.32 Å². The SMILES string of the molecule is CCCS(=O)(=O)c1ccccc1C(=O)Nc1ccccc1C(=O)OCC. The van der Waals surface area contributed by atoms with Gasteiger partial charge in [0.1, 0.15) is 0 Å². The molecule has 0 unspecified atom stereocenters. The lowest BCUT2D eigenvalue weighted by Gasteiger charge is -2.13. The summed E-state index contributed by atoms with van der Waals surface area (Å²) in [6.45, 7) is 3.66. The van der Waals surface area contributed by atoms with E-state index < -0.39 is 21.7 Å². The molecule has 0 atom stereocenters. The van der Waals surface area contributed by atoms with Gasteiger partial charge in [0.05, 0.1) is 34.1 Å². The first kappa shape index (κ1) is 19.7. The molecular formula is C19H21NO5S. The first-order chi connectivity index (χ1) is 12.4. The highest BCUT2D eigenvalue weighted by molar-refractivity contribution is 7.91. The van der Waals surface area contributed by atoms with Crippen molar-refractivity contribution in [3.8, 4) is 0 Å². The summed E-state index contributed by atoms with van der Waals surface area (Å²) >= 11 is 0.